The number of rotatable bonds is 11. The molecule has 3 aliphatic heterocycles. The molecular formula is C47H54N8O5S2. The number of piperidine rings is 2. The number of fused-ring (bicyclic) bond motifs is 1. The zero-order valence-corrected chi connectivity index (χ0v) is 37.2. The first kappa shape index (κ1) is 42.1. The molecule has 0 spiro atoms. The third kappa shape index (κ3) is 8.59. The second kappa shape index (κ2) is 17.9. The van der Waals surface area contributed by atoms with Crippen molar-refractivity contribution in [3.8, 4) is 27.4 Å². The molecule has 3 aliphatic rings. The molecule has 4 aromatic heterocycles. The maximum absolute atomic E-state index is 14.3. The van der Waals surface area contributed by atoms with Crippen LogP contribution in [0.15, 0.2) is 76.8 Å². The molecule has 6 aromatic rings. The molecule has 4 atom stereocenters. The summed E-state index contributed by atoms with van der Waals surface area (Å²) in [4.78, 5) is 41.4. The number of aryl methyl sites for hydroxylation is 1. The minimum atomic E-state index is -0.798. The molecule has 62 heavy (non-hydrogen) atoms. The largest absolute Gasteiger partial charge is 0.507 e. The molecule has 0 bridgehead atoms. The average molecular weight is 875 g/mol. The number of aliphatic hydroxyl groups excluding tert-OH is 1. The highest BCUT2D eigenvalue weighted by Gasteiger charge is 2.44. The van der Waals surface area contributed by atoms with Crippen LogP contribution in [0, 0.1) is 12.8 Å². The quantitative estimate of drug-likeness (QED) is 0.116. The summed E-state index contributed by atoms with van der Waals surface area (Å²) in [6.07, 6.45) is 3.61. The van der Waals surface area contributed by atoms with Gasteiger partial charge in [0.1, 0.15) is 23.2 Å². The van der Waals surface area contributed by atoms with E-state index in [0.29, 0.717) is 29.0 Å². The van der Waals surface area contributed by atoms with Crippen LogP contribution in [0.4, 0.5) is 5.82 Å². The van der Waals surface area contributed by atoms with E-state index in [1.165, 1.54) is 9.78 Å². The van der Waals surface area contributed by atoms with Gasteiger partial charge in [0.2, 0.25) is 11.8 Å². The lowest BCUT2D eigenvalue weighted by molar-refractivity contribution is -0.141. The van der Waals surface area contributed by atoms with E-state index in [4.69, 9.17) is 4.52 Å². The van der Waals surface area contributed by atoms with Crippen molar-refractivity contribution in [3.63, 3.8) is 0 Å². The Morgan fingerprint density at radius 1 is 0.935 bits per heavy atom. The molecule has 13 nitrogen and oxygen atoms in total. The predicted octanol–water partition coefficient (Wildman–Crippen LogP) is 7.91. The van der Waals surface area contributed by atoms with Gasteiger partial charge < -0.3 is 34.8 Å². The molecule has 7 heterocycles. The van der Waals surface area contributed by atoms with E-state index in [-0.39, 0.29) is 42.5 Å². The molecule has 0 unspecified atom stereocenters. The van der Waals surface area contributed by atoms with E-state index in [1.54, 1.807) is 34.8 Å². The van der Waals surface area contributed by atoms with Gasteiger partial charge in [0.15, 0.2) is 11.6 Å². The van der Waals surface area contributed by atoms with Crippen LogP contribution in [0.2, 0.25) is 0 Å². The van der Waals surface area contributed by atoms with Crippen molar-refractivity contribution in [3.05, 3.63) is 94.1 Å². The molecule has 9 rings (SSSR count). The lowest BCUT2D eigenvalue weighted by atomic mass is 9.91. The van der Waals surface area contributed by atoms with Gasteiger partial charge in [0, 0.05) is 48.6 Å². The Morgan fingerprint density at radius 2 is 1.69 bits per heavy atom. The van der Waals surface area contributed by atoms with Gasteiger partial charge in [-0.05, 0) is 99.8 Å². The monoisotopic (exact) mass is 874 g/mol. The maximum Gasteiger partial charge on any atom is 0.243 e. The summed E-state index contributed by atoms with van der Waals surface area (Å²) >= 11 is 3.39. The van der Waals surface area contributed by atoms with E-state index in [2.05, 4.69) is 41.5 Å². The van der Waals surface area contributed by atoms with Gasteiger partial charge in [0.05, 0.1) is 38.6 Å². The van der Waals surface area contributed by atoms with Gasteiger partial charge >= 0.3 is 0 Å². The Labute approximate surface area is 369 Å². The number of anilines is 1. The van der Waals surface area contributed by atoms with Crippen LogP contribution in [0.5, 0.6) is 5.75 Å². The second-order valence-corrected chi connectivity index (χ2v) is 19.5. The number of likely N-dealkylation sites (tertiary alicyclic amines) is 2. The van der Waals surface area contributed by atoms with E-state index in [0.717, 1.165) is 89.6 Å². The first-order chi connectivity index (χ1) is 30.0. The number of aromatic nitrogens is 4. The first-order valence-electron chi connectivity index (χ1n) is 21.8. The SMILES string of the molecule is Cc1ncsc1-c1ccc([C@H](C)NC(=O)[C@@H]2C[C@@H](O)CN2C(=O)[C@@H](c2cc(N3CCC(N4CCC(c5cc6nnc(-c7ccccc7O)cc6s5)CC4)CC3)no2)C(C)C)cc1. The number of amides is 2. The Kier molecular flexibility index (Phi) is 12.1. The number of phenols is 1. The first-order valence-corrected chi connectivity index (χ1v) is 23.5. The number of hydrogen-bond acceptors (Lipinski definition) is 13. The zero-order chi connectivity index (χ0) is 43.1. The topological polar surface area (TPSA) is 161 Å². The summed E-state index contributed by atoms with van der Waals surface area (Å²) in [5.74, 6) is 0.614. The van der Waals surface area contributed by atoms with Crippen molar-refractivity contribution in [2.45, 2.75) is 95.9 Å². The fraction of sp³-hybridized carbons (Fsp3) is 0.447. The van der Waals surface area contributed by atoms with Crippen molar-refractivity contribution in [1.29, 1.82) is 0 Å². The van der Waals surface area contributed by atoms with Crippen LogP contribution >= 0.6 is 22.7 Å². The highest BCUT2D eigenvalue weighted by Crippen LogP contribution is 2.39. The van der Waals surface area contributed by atoms with E-state index in [1.807, 2.05) is 81.7 Å². The summed E-state index contributed by atoms with van der Waals surface area (Å²) in [6, 6.07) is 20.9. The Hall–Kier alpha value is -5.22. The summed E-state index contributed by atoms with van der Waals surface area (Å²) < 4.78 is 7.02. The molecule has 3 saturated heterocycles. The number of carbonyl (C=O) groups is 2. The van der Waals surface area contributed by atoms with Crippen molar-refractivity contribution >= 4 is 50.5 Å². The number of aromatic hydroxyl groups is 1. The van der Waals surface area contributed by atoms with Crippen LogP contribution in [0.25, 0.3) is 31.9 Å². The maximum atomic E-state index is 14.3. The number of benzene rings is 2. The molecule has 2 aromatic carbocycles. The molecule has 3 fully saturated rings. The van der Waals surface area contributed by atoms with Crippen molar-refractivity contribution in [2.24, 2.45) is 5.92 Å². The standard InChI is InChI=1S/C47H54N8O5S2/c1-27(2)44(47(59)55-25-34(56)21-38(55)46(58)49-28(3)30-9-11-32(12-10-30)45-29(4)48-26-61-45)40-24-43(52-60-40)54-19-15-33(16-20-54)53-17-13-31(14-18-53)41-23-37-42(62-41)22-36(50-51-37)35-7-5-6-8-39(35)57/h5-12,22-24,26-28,31,33-34,38,44,56-57H,13-21,25H2,1-4H3,(H,49,58)/t28-,34+,38-,44+/m0/s1. The lowest BCUT2D eigenvalue weighted by Gasteiger charge is -2.41. The van der Waals surface area contributed by atoms with Gasteiger partial charge in [-0.3, -0.25) is 9.59 Å². The van der Waals surface area contributed by atoms with Gasteiger partial charge in [0.25, 0.3) is 0 Å². The molecule has 0 radical (unpaired) electrons. The number of β-amino-alcohol motifs (C(OH)–C–C–N with tert-alkyl or cyclic N) is 1. The fourth-order valence-corrected chi connectivity index (χ4v) is 11.6. The van der Waals surface area contributed by atoms with Gasteiger partial charge in [-0.1, -0.05) is 55.4 Å². The number of carbonyl (C=O) groups excluding carboxylic acids is 2. The zero-order valence-electron chi connectivity index (χ0n) is 35.6. The molecule has 0 aliphatic carbocycles. The van der Waals surface area contributed by atoms with Crippen molar-refractivity contribution < 1.29 is 24.3 Å². The number of phenolic OH excluding ortho intramolecular Hbond substituents is 1. The summed E-state index contributed by atoms with van der Waals surface area (Å²) in [7, 11) is 0. The molecule has 3 N–H and O–H groups in total. The van der Waals surface area contributed by atoms with Crippen LogP contribution in [0.3, 0.4) is 0 Å². The smallest absolute Gasteiger partial charge is 0.243 e. The minimum Gasteiger partial charge on any atom is -0.507 e. The number of thiophene rings is 1. The molecule has 2 amide bonds. The van der Waals surface area contributed by atoms with E-state index < -0.39 is 18.1 Å². The van der Waals surface area contributed by atoms with Crippen LogP contribution in [-0.2, 0) is 9.59 Å². The Bertz CT molecular complexity index is 2520. The number of para-hydroxylation sites is 1. The number of hydrogen-bond donors (Lipinski definition) is 3. The van der Waals surface area contributed by atoms with Crippen molar-refractivity contribution in [2.75, 3.05) is 37.6 Å². The minimum absolute atomic E-state index is 0.0870. The van der Waals surface area contributed by atoms with E-state index >= 15 is 0 Å². The fourth-order valence-electron chi connectivity index (χ4n) is 9.58. The van der Waals surface area contributed by atoms with Gasteiger partial charge in [-0.2, -0.15) is 0 Å². The van der Waals surface area contributed by atoms with Crippen LogP contribution < -0.4 is 10.2 Å². The normalized spacial score (nSPS) is 20.3. The van der Waals surface area contributed by atoms with Gasteiger partial charge in [-0.25, -0.2) is 4.98 Å². The van der Waals surface area contributed by atoms with Crippen molar-refractivity contribution in [1.82, 2.24) is 35.5 Å². The lowest BCUT2D eigenvalue weighted by Crippen LogP contribution is -2.48. The number of aliphatic hydroxyl groups is 1. The van der Waals surface area contributed by atoms with Crippen LogP contribution in [-0.4, -0.2) is 103 Å². The second-order valence-electron chi connectivity index (χ2n) is 17.5. The van der Waals surface area contributed by atoms with Gasteiger partial charge in [-0.15, -0.1) is 32.9 Å². The third-order valence-electron chi connectivity index (χ3n) is 13.1. The number of nitrogens with zero attached hydrogens (tertiary/aromatic N) is 7. The van der Waals surface area contributed by atoms with E-state index in [9.17, 15) is 19.8 Å². The summed E-state index contributed by atoms with van der Waals surface area (Å²) in [6.45, 7) is 11.8. The highest BCUT2D eigenvalue weighted by molar-refractivity contribution is 7.19. The molecular weight excluding hydrogens is 821 g/mol. The average Bonchev–Trinajstić information content (AvgIpc) is 4.11. The predicted molar refractivity (Wildman–Crippen MR) is 242 cm³/mol. The highest BCUT2D eigenvalue weighted by atomic mass is 32.1. The number of thiazole rings is 1. The third-order valence-corrected chi connectivity index (χ3v) is 15.3. The Balaban J connectivity index is 0.784. The van der Waals surface area contributed by atoms with Crippen LogP contribution in [0.1, 0.15) is 92.6 Å². The Morgan fingerprint density at radius 3 is 2.40 bits per heavy atom. The molecule has 324 valence electrons. The molecule has 0 saturated carbocycles. The number of nitrogens with one attached hydrogen (secondary N) is 1. The summed E-state index contributed by atoms with van der Waals surface area (Å²) in [5, 5.41) is 37.5. The molecule has 15 heteroatoms. The summed E-state index contributed by atoms with van der Waals surface area (Å²) in [5.41, 5.74) is 7.14.